The molecule has 70 valence electrons. The Balaban J connectivity index is 3.28. The molecular weight excluding hydrogens is 156 g/mol. The van der Waals surface area contributed by atoms with Gasteiger partial charge >= 0.3 is 0 Å². The highest BCUT2D eigenvalue weighted by molar-refractivity contribution is 5.32. The van der Waals surface area contributed by atoms with Gasteiger partial charge in [0.05, 0.1) is 0 Å². The molecule has 0 heteroatoms. The molecule has 0 fully saturated rings. The van der Waals surface area contributed by atoms with Gasteiger partial charge < -0.3 is 0 Å². The Kier molecular flexibility index (Phi) is 3.75. The molecule has 0 aliphatic carbocycles. The molecule has 0 aliphatic heterocycles. The highest BCUT2D eigenvalue weighted by atomic mass is 13.9. The highest BCUT2D eigenvalue weighted by Crippen LogP contribution is 1.90. The van der Waals surface area contributed by atoms with Crippen molar-refractivity contribution >= 4 is 12.2 Å². The van der Waals surface area contributed by atoms with Crippen LogP contribution in [0.15, 0.2) is 24.3 Å². The van der Waals surface area contributed by atoms with Crippen LogP contribution >= 0.6 is 0 Å². The van der Waals surface area contributed by atoms with Crippen LogP contribution in [0.4, 0.5) is 0 Å². The van der Waals surface area contributed by atoms with E-state index in [-0.39, 0.29) is 0 Å². The van der Waals surface area contributed by atoms with Crippen molar-refractivity contribution in [3.8, 4) is 0 Å². The van der Waals surface area contributed by atoms with Crippen LogP contribution in [0.2, 0.25) is 0 Å². The summed E-state index contributed by atoms with van der Waals surface area (Å²) < 4.78 is 0. The molecule has 0 amide bonds. The average molecular weight is 174 g/mol. The second-order valence-corrected chi connectivity index (χ2v) is 3.65. The van der Waals surface area contributed by atoms with Crippen LogP contribution in [0.25, 0.3) is 12.2 Å². The van der Waals surface area contributed by atoms with Crippen LogP contribution < -0.4 is 10.4 Å². The summed E-state index contributed by atoms with van der Waals surface area (Å²) in [5.41, 5.74) is 0. The normalized spacial score (nSPS) is 14.2. The summed E-state index contributed by atoms with van der Waals surface area (Å²) in [6.45, 7) is 6.59. The van der Waals surface area contributed by atoms with Gasteiger partial charge in [0, 0.05) is 0 Å². The van der Waals surface area contributed by atoms with Crippen molar-refractivity contribution in [1.29, 1.82) is 0 Å². The maximum atomic E-state index is 2.31. The van der Waals surface area contributed by atoms with Crippen LogP contribution in [0.5, 0.6) is 0 Å². The average Bonchev–Trinajstić information content (AvgIpc) is 2.08. The Bertz CT molecular complexity index is 358. The summed E-state index contributed by atoms with van der Waals surface area (Å²) in [5.74, 6) is 0.617. The third-order valence-electron chi connectivity index (χ3n) is 1.93. The predicted molar refractivity (Wildman–Crippen MR) is 59.8 cm³/mol. The second-order valence-electron chi connectivity index (χ2n) is 3.65. The lowest BCUT2D eigenvalue weighted by Gasteiger charge is -1.95. The molecule has 0 N–H and O–H groups in total. The van der Waals surface area contributed by atoms with Crippen molar-refractivity contribution in [2.24, 2.45) is 5.92 Å². The van der Waals surface area contributed by atoms with E-state index in [0.29, 0.717) is 5.92 Å². The molecule has 0 bridgehead atoms. The molecule has 1 aromatic rings. The van der Waals surface area contributed by atoms with E-state index >= 15 is 0 Å². The minimum atomic E-state index is 0.617. The van der Waals surface area contributed by atoms with Gasteiger partial charge in [-0.05, 0) is 22.8 Å². The van der Waals surface area contributed by atoms with Crippen LogP contribution in [-0.4, -0.2) is 0 Å². The van der Waals surface area contributed by atoms with Gasteiger partial charge in [-0.3, -0.25) is 0 Å². The van der Waals surface area contributed by atoms with Crippen LogP contribution in [0.3, 0.4) is 0 Å². The van der Waals surface area contributed by atoms with E-state index in [1.165, 1.54) is 10.4 Å². The van der Waals surface area contributed by atoms with Crippen molar-refractivity contribution in [2.45, 2.75) is 27.2 Å². The molecule has 1 aromatic carbocycles. The topological polar surface area (TPSA) is 0 Å². The maximum Gasteiger partial charge on any atom is -0.0225 e. The standard InChI is InChI=1S/C13H18/c1-4-7-12-8-5-6-9-13(12)10-11(2)3/h5-11H,4H2,1-3H3/b12-7-,13-10-. The molecule has 0 aromatic heterocycles. The molecule has 0 nitrogen and oxygen atoms in total. The second kappa shape index (κ2) is 4.86. The fourth-order valence-electron chi connectivity index (χ4n) is 1.43. The molecule has 0 saturated heterocycles. The zero-order chi connectivity index (χ0) is 9.68. The lowest BCUT2D eigenvalue weighted by atomic mass is 10.1. The SMILES string of the molecule is CC/C=c1/cccc/c1=C/C(C)C. The molecule has 0 atom stereocenters. The lowest BCUT2D eigenvalue weighted by molar-refractivity contribution is 0.880. The van der Waals surface area contributed by atoms with Crippen molar-refractivity contribution in [1.82, 2.24) is 0 Å². The Morgan fingerprint density at radius 3 is 2.31 bits per heavy atom. The van der Waals surface area contributed by atoms with E-state index < -0.39 is 0 Å². The monoisotopic (exact) mass is 174 g/mol. The quantitative estimate of drug-likeness (QED) is 0.645. The summed E-state index contributed by atoms with van der Waals surface area (Å²) in [6, 6.07) is 8.56. The van der Waals surface area contributed by atoms with Crippen LogP contribution in [-0.2, 0) is 0 Å². The molecule has 0 aliphatic rings. The molecule has 0 heterocycles. The molecule has 1 rings (SSSR count). The van der Waals surface area contributed by atoms with E-state index in [9.17, 15) is 0 Å². The van der Waals surface area contributed by atoms with Gasteiger partial charge in [-0.1, -0.05) is 57.2 Å². The third kappa shape index (κ3) is 3.06. The first-order chi connectivity index (χ1) is 6.24. The molecule has 13 heavy (non-hydrogen) atoms. The van der Waals surface area contributed by atoms with Gasteiger partial charge in [0.2, 0.25) is 0 Å². The maximum absolute atomic E-state index is 2.31. The molecule has 0 spiro atoms. The van der Waals surface area contributed by atoms with Gasteiger partial charge in [0.1, 0.15) is 0 Å². The Hall–Kier alpha value is -1.04. The van der Waals surface area contributed by atoms with Gasteiger partial charge in [0.25, 0.3) is 0 Å². The lowest BCUT2D eigenvalue weighted by Crippen LogP contribution is -2.24. The Labute approximate surface area is 80.6 Å². The Morgan fingerprint density at radius 2 is 1.77 bits per heavy atom. The number of rotatable bonds is 2. The highest BCUT2D eigenvalue weighted by Gasteiger charge is 1.87. The number of hydrogen-bond donors (Lipinski definition) is 0. The van der Waals surface area contributed by atoms with Crippen molar-refractivity contribution in [2.75, 3.05) is 0 Å². The zero-order valence-corrected chi connectivity index (χ0v) is 8.75. The first kappa shape index (κ1) is 10.0. The molecule has 0 radical (unpaired) electrons. The van der Waals surface area contributed by atoms with E-state index in [1.807, 2.05) is 0 Å². The van der Waals surface area contributed by atoms with Crippen molar-refractivity contribution < 1.29 is 0 Å². The smallest absolute Gasteiger partial charge is 0.0225 e. The largest absolute Gasteiger partial charge is 0.0769 e. The van der Waals surface area contributed by atoms with Gasteiger partial charge in [-0.15, -0.1) is 0 Å². The van der Waals surface area contributed by atoms with Crippen molar-refractivity contribution in [3.63, 3.8) is 0 Å². The minimum absolute atomic E-state index is 0.617. The van der Waals surface area contributed by atoms with Gasteiger partial charge in [0.15, 0.2) is 0 Å². The predicted octanol–water partition coefficient (Wildman–Crippen LogP) is 2.31. The summed E-state index contributed by atoms with van der Waals surface area (Å²) in [6.07, 6.45) is 5.68. The third-order valence-corrected chi connectivity index (χ3v) is 1.93. The molecule has 0 saturated carbocycles. The van der Waals surface area contributed by atoms with E-state index in [4.69, 9.17) is 0 Å². The first-order valence-electron chi connectivity index (χ1n) is 5.01. The zero-order valence-electron chi connectivity index (χ0n) is 8.75. The molecule has 0 unspecified atom stereocenters. The van der Waals surface area contributed by atoms with Crippen LogP contribution in [0.1, 0.15) is 27.2 Å². The van der Waals surface area contributed by atoms with E-state index in [1.54, 1.807) is 0 Å². The van der Waals surface area contributed by atoms with Gasteiger partial charge in [-0.25, -0.2) is 0 Å². The van der Waals surface area contributed by atoms with Crippen molar-refractivity contribution in [3.05, 3.63) is 34.7 Å². The van der Waals surface area contributed by atoms with Gasteiger partial charge in [-0.2, -0.15) is 0 Å². The summed E-state index contributed by atoms with van der Waals surface area (Å²) >= 11 is 0. The molecular formula is C13H18. The minimum Gasteiger partial charge on any atom is -0.0769 e. The number of hydrogen-bond acceptors (Lipinski definition) is 0. The summed E-state index contributed by atoms with van der Waals surface area (Å²) in [4.78, 5) is 0. The summed E-state index contributed by atoms with van der Waals surface area (Å²) in [5, 5.41) is 2.72. The van der Waals surface area contributed by atoms with E-state index in [2.05, 4.69) is 57.2 Å². The summed E-state index contributed by atoms with van der Waals surface area (Å²) in [7, 11) is 0. The van der Waals surface area contributed by atoms with E-state index in [0.717, 1.165) is 6.42 Å². The van der Waals surface area contributed by atoms with Crippen LogP contribution in [0, 0.1) is 5.92 Å². The Morgan fingerprint density at radius 1 is 1.15 bits per heavy atom. The number of benzene rings is 1. The first-order valence-corrected chi connectivity index (χ1v) is 5.01. The fraction of sp³-hybridized carbons (Fsp3) is 0.385. The fourth-order valence-corrected chi connectivity index (χ4v) is 1.43.